The summed E-state index contributed by atoms with van der Waals surface area (Å²) in [6.07, 6.45) is 5.45. The van der Waals surface area contributed by atoms with Gasteiger partial charge in [-0.25, -0.2) is 0 Å². The van der Waals surface area contributed by atoms with Crippen LogP contribution in [-0.2, 0) is 4.79 Å². The zero-order chi connectivity index (χ0) is 12.2. The number of amides is 1. The van der Waals surface area contributed by atoms with Crippen LogP contribution in [0.2, 0.25) is 0 Å². The van der Waals surface area contributed by atoms with Crippen molar-refractivity contribution in [3.63, 3.8) is 0 Å². The highest BCUT2D eigenvalue weighted by Crippen LogP contribution is 2.41. The van der Waals surface area contributed by atoms with Crippen molar-refractivity contribution in [1.82, 2.24) is 5.32 Å². The van der Waals surface area contributed by atoms with E-state index in [-0.39, 0.29) is 16.7 Å². The second kappa shape index (κ2) is 5.39. The second-order valence-corrected chi connectivity index (χ2v) is 6.09. The zero-order valence-electron chi connectivity index (χ0n) is 10.7. The van der Waals surface area contributed by atoms with Crippen LogP contribution in [0.25, 0.3) is 0 Å². The molecule has 1 N–H and O–H groups in total. The van der Waals surface area contributed by atoms with Crippen LogP contribution in [0.1, 0.15) is 52.9 Å². The third-order valence-corrected chi connectivity index (χ3v) is 4.53. The summed E-state index contributed by atoms with van der Waals surface area (Å²) in [5.41, 5.74) is -0.0901. The number of hydrogen-bond acceptors (Lipinski definition) is 1. The van der Waals surface area contributed by atoms with Crippen LogP contribution in [0, 0.1) is 10.8 Å². The Morgan fingerprint density at radius 2 is 1.94 bits per heavy atom. The fraction of sp³-hybridized carbons (Fsp3) is 0.923. The fourth-order valence-corrected chi connectivity index (χ4v) is 2.44. The number of carbonyl (C=O) groups excluding carboxylic acids is 1. The average molecular weight is 246 g/mol. The number of nitrogens with one attached hydrogen (secondary N) is 1. The molecule has 1 amide bonds. The maximum atomic E-state index is 12.2. The van der Waals surface area contributed by atoms with Gasteiger partial charge in [-0.2, -0.15) is 0 Å². The molecule has 1 aliphatic carbocycles. The summed E-state index contributed by atoms with van der Waals surface area (Å²) in [6, 6.07) is 0. The van der Waals surface area contributed by atoms with Crippen LogP contribution in [-0.4, -0.2) is 18.3 Å². The summed E-state index contributed by atoms with van der Waals surface area (Å²) in [5, 5.41) is 3.08. The summed E-state index contributed by atoms with van der Waals surface area (Å²) in [6.45, 7) is 6.95. The minimum absolute atomic E-state index is 0.00918. The third kappa shape index (κ3) is 3.13. The molecule has 0 unspecified atom stereocenters. The average Bonchev–Trinajstić information content (AvgIpc) is 2.76. The molecule has 0 aliphatic heterocycles. The first kappa shape index (κ1) is 13.8. The van der Waals surface area contributed by atoms with E-state index in [2.05, 4.69) is 26.1 Å². The van der Waals surface area contributed by atoms with Crippen molar-refractivity contribution in [3.8, 4) is 0 Å². The Kier molecular flexibility index (Phi) is 4.66. The van der Waals surface area contributed by atoms with Crippen molar-refractivity contribution in [2.45, 2.75) is 52.9 Å². The Morgan fingerprint density at radius 1 is 1.38 bits per heavy atom. The smallest absolute Gasteiger partial charge is 0.226 e. The molecule has 0 aromatic rings. The highest BCUT2D eigenvalue weighted by Gasteiger charge is 2.39. The molecular weight excluding hydrogens is 222 g/mol. The van der Waals surface area contributed by atoms with Gasteiger partial charge in [-0.05, 0) is 24.7 Å². The van der Waals surface area contributed by atoms with Crippen molar-refractivity contribution in [2.24, 2.45) is 10.8 Å². The standard InChI is InChI=1S/C13H24ClNO/c1-4-13(7-5-6-8-13)11(16)15-10-12(2,3)9-14/h4-10H2,1-3H3,(H,15,16). The van der Waals surface area contributed by atoms with Gasteiger partial charge in [-0.3, -0.25) is 4.79 Å². The van der Waals surface area contributed by atoms with Gasteiger partial charge in [0, 0.05) is 17.8 Å². The molecule has 1 fully saturated rings. The molecule has 0 aromatic heterocycles. The molecule has 94 valence electrons. The van der Waals surface area contributed by atoms with Gasteiger partial charge in [0.15, 0.2) is 0 Å². The predicted molar refractivity (Wildman–Crippen MR) is 68.7 cm³/mol. The SMILES string of the molecule is CCC1(C(=O)NCC(C)(C)CCl)CCCC1. The molecule has 0 bridgehead atoms. The van der Waals surface area contributed by atoms with E-state index in [1.165, 1.54) is 12.8 Å². The van der Waals surface area contributed by atoms with E-state index in [4.69, 9.17) is 11.6 Å². The number of hydrogen-bond donors (Lipinski definition) is 1. The van der Waals surface area contributed by atoms with E-state index < -0.39 is 0 Å². The van der Waals surface area contributed by atoms with Gasteiger partial charge in [0.1, 0.15) is 0 Å². The van der Waals surface area contributed by atoms with Crippen LogP contribution >= 0.6 is 11.6 Å². The van der Waals surface area contributed by atoms with Crippen LogP contribution in [0.4, 0.5) is 0 Å². The van der Waals surface area contributed by atoms with Crippen molar-refractivity contribution in [3.05, 3.63) is 0 Å². The van der Waals surface area contributed by atoms with Gasteiger partial charge in [0.05, 0.1) is 0 Å². The van der Waals surface area contributed by atoms with Crippen LogP contribution in [0.15, 0.2) is 0 Å². The van der Waals surface area contributed by atoms with Gasteiger partial charge in [-0.1, -0.05) is 33.6 Å². The Labute approximate surface area is 104 Å². The summed E-state index contributed by atoms with van der Waals surface area (Å²) in [7, 11) is 0. The van der Waals surface area contributed by atoms with E-state index in [0.717, 1.165) is 19.3 Å². The van der Waals surface area contributed by atoms with E-state index in [0.29, 0.717) is 12.4 Å². The maximum absolute atomic E-state index is 12.2. The molecule has 16 heavy (non-hydrogen) atoms. The molecule has 3 heteroatoms. The monoisotopic (exact) mass is 245 g/mol. The normalized spacial score (nSPS) is 19.8. The summed E-state index contributed by atoms with van der Waals surface area (Å²) < 4.78 is 0. The van der Waals surface area contributed by atoms with Gasteiger partial charge in [-0.15, -0.1) is 11.6 Å². The second-order valence-electron chi connectivity index (χ2n) is 5.82. The molecule has 0 spiro atoms. The van der Waals surface area contributed by atoms with Gasteiger partial charge >= 0.3 is 0 Å². The maximum Gasteiger partial charge on any atom is 0.226 e. The van der Waals surface area contributed by atoms with E-state index in [1.54, 1.807) is 0 Å². The van der Waals surface area contributed by atoms with Crippen LogP contribution in [0.3, 0.4) is 0 Å². The van der Waals surface area contributed by atoms with Gasteiger partial charge < -0.3 is 5.32 Å². The van der Waals surface area contributed by atoms with Gasteiger partial charge in [0.2, 0.25) is 5.91 Å². The number of carbonyl (C=O) groups is 1. The topological polar surface area (TPSA) is 29.1 Å². The first-order valence-electron chi connectivity index (χ1n) is 6.30. The molecule has 2 nitrogen and oxygen atoms in total. The number of rotatable bonds is 5. The molecule has 1 aliphatic rings. The van der Waals surface area contributed by atoms with Crippen molar-refractivity contribution in [1.29, 1.82) is 0 Å². The molecule has 0 atom stereocenters. The van der Waals surface area contributed by atoms with E-state index in [9.17, 15) is 4.79 Å². The predicted octanol–water partition coefficient (Wildman–Crippen LogP) is 3.34. The Hall–Kier alpha value is -0.240. The summed E-state index contributed by atoms with van der Waals surface area (Å²) >= 11 is 5.85. The molecule has 0 aromatic carbocycles. The summed E-state index contributed by atoms with van der Waals surface area (Å²) in [4.78, 5) is 12.2. The van der Waals surface area contributed by atoms with E-state index in [1.807, 2.05) is 0 Å². The molecule has 1 rings (SSSR count). The third-order valence-electron chi connectivity index (χ3n) is 3.81. The Balaban J connectivity index is 2.51. The number of alkyl halides is 1. The van der Waals surface area contributed by atoms with Crippen molar-refractivity contribution >= 4 is 17.5 Å². The molecule has 0 saturated heterocycles. The zero-order valence-corrected chi connectivity index (χ0v) is 11.5. The van der Waals surface area contributed by atoms with Crippen LogP contribution < -0.4 is 5.32 Å². The van der Waals surface area contributed by atoms with Crippen LogP contribution in [0.5, 0.6) is 0 Å². The lowest BCUT2D eigenvalue weighted by atomic mass is 9.82. The van der Waals surface area contributed by atoms with Crippen molar-refractivity contribution in [2.75, 3.05) is 12.4 Å². The highest BCUT2D eigenvalue weighted by molar-refractivity contribution is 6.18. The highest BCUT2D eigenvalue weighted by atomic mass is 35.5. The molecule has 0 heterocycles. The van der Waals surface area contributed by atoms with Gasteiger partial charge in [0.25, 0.3) is 0 Å². The van der Waals surface area contributed by atoms with E-state index >= 15 is 0 Å². The minimum atomic E-state index is -0.0810. The lowest BCUT2D eigenvalue weighted by Crippen LogP contribution is -2.43. The fourth-order valence-electron chi connectivity index (χ4n) is 2.35. The molecule has 0 radical (unpaired) electrons. The first-order valence-corrected chi connectivity index (χ1v) is 6.83. The lowest BCUT2D eigenvalue weighted by molar-refractivity contribution is -0.131. The minimum Gasteiger partial charge on any atom is -0.355 e. The van der Waals surface area contributed by atoms with Crippen molar-refractivity contribution < 1.29 is 4.79 Å². The lowest BCUT2D eigenvalue weighted by Gasteiger charge is -2.29. The number of halogens is 1. The molecular formula is C13H24ClNO. The largest absolute Gasteiger partial charge is 0.355 e. The first-order chi connectivity index (χ1) is 7.46. The molecule has 1 saturated carbocycles. The Bertz CT molecular complexity index is 244. The Morgan fingerprint density at radius 3 is 2.38 bits per heavy atom. The summed E-state index contributed by atoms with van der Waals surface area (Å²) in [5.74, 6) is 0.817. The quantitative estimate of drug-likeness (QED) is 0.740.